The zero-order valence-corrected chi connectivity index (χ0v) is 8.18. The molecule has 0 aromatic rings. The van der Waals surface area contributed by atoms with E-state index in [1.54, 1.807) is 0 Å². The first kappa shape index (κ1) is 9.30. The maximum Gasteiger partial charge on any atom is 0.0420 e. The van der Waals surface area contributed by atoms with Crippen LogP contribution in [0, 0.1) is 0 Å². The first-order valence-corrected chi connectivity index (χ1v) is 5.61. The molecule has 0 heterocycles. The van der Waals surface area contributed by atoms with Crippen LogP contribution in [0.2, 0.25) is 0 Å². The van der Waals surface area contributed by atoms with Crippen LogP contribution in [-0.4, -0.2) is 14.0 Å². The van der Waals surface area contributed by atoms with Crippen molar-refractivity contribution in [2.24, 2.45) is 5.73 Å². The summed E-state index contributed by atoms with van der Waals surface area (Å²) in [7, 11) is 0. The van der Waals surface area contributed by atoms with Crippen LogP contribution < -0.4 is 5.73 Å². The molecule has 0 aliphatic carbocycles. The number of hydrogen-bond acceptors (Lipinski definition) is 1. The van der Waals surface area contributed by atoms with Crippen LogP contribution in [0.25, 0.3) is 0 Å². The van der Waals surface area contributed by atoms with Gasteiger partial charge in [0.15, 0.2) is 0 Å². The molecule has 0 fully saturated rings. The maximum atomic E-state index is 5.84. The molecular formula is C7H14IN. The lowest BCUT2D eigenvalue weighted by Crippen LogP contribution is -2.41. The van der Waals surface area contributed by atoms with Crippen LogP contribution in [0.4, 0.5) is 0 Å². The summed E-state index contributed by atoms with van der Waals surface area (Å²) in [5.41, 5.74) is 5.64. The molecule has 0 amide bonds. The lowest BCUT2D eigenvalue weighted by molar-refractivity contribution is 0.595. The van der Waals surface area contributed by atoms with E-state index in [9.17, 15) is 0 Å². The van der Waals surface area contributed by atoms with E-state index in [4.69, 9.17) is 5.73 Å². The van der Waals surface area contributed by atoms with Crippen LogP contribution >= 0.6 is 20.7 Å². The van der Waals surface area contributed by atoms with Crippen LogP contribution in [0.1, 0.15) is 13.8 Å². The van der Waals surface area contributed by atoms with Crippen molar-refractivity contribution in [1.29, 1.82) is 0 Å². The van der Waals surface area contributed by atoms with Gasteiger partial charge in [0.2, 0.25) is 0 Å². The monoisotopic (exact) mass is 239 g/mol. The highest BCUT2D eigenvalue weighted by atomic mass is 127. The highest BCUT2D eigenvalue weighted by molar-refractivity contribution is 14.2. The van der Waals surface area contributed by atoms with Gasteiger partial charge in [0.25, 0.3) is 0 Å². The Bertz CT molecular complexity index is 118. The Balaban J connectivity index is 4.11. The Kier molecular flexibility index (Phi) is 3.58. The minimum Gasteiger partial charge on any atom is -0.321 e. The van der Waals surface area contributed by atoms with E-state index in [1.165, 1.54) is 0 Å². The molecule has 0 saturated heterocycles. The predicted octanol–water partition coefficient (Wildman–Crippen LogP) is 1.68. The van der Waals surface area contributed by atoms with Crippen molar-refractivity contribution in [1.82, 2.24) is 0 Å². The first-order valence-electron chi connectivity index (χ1n) is 2.84. The molecule has 54 valence electrons. The van der Waals surface area contributed by atoms with E-state index >= 15 is 0 Å². The first-order chi connectivity index (χ1) is 4.04. The fraction of sp³-hybridized carbons (Fsp3) is 0.571. The number of rotatable bonds is 3. The van der Waals surface area contributed by atoms with Crippen molar-refractivity contribution in [3.05, 3.63) is 12.7 Å². The molecule has 0 bridgehead atoms. The van der Waals surface area contributed by atoms with Crippen molar-refractivity contribution >= 4 is 25.2 Å². The molecule has 2 N–H and O–H groups in total. The van der Waals surface area contributed by atoms with E-state index in [0.717, 1.165) is 0 Å². The highest BCUT2D eigenvalue weighted by Crippen LogP contribution is 2.19. The zero-order valence-electron chi connectivity index (χ0n) is 6.02. The standard InChI is InChI=1S/C7H14IN/c1-5-7(3,9)6(2)8-4/h5-6H,1,4,9H2,2-3H3/t6-,7?/m0/s1. The molecule has 1 nitrogen and oxygen atoms in total. The molecule has 2 atom stereocenters. The van der Waals surface area contributed by atoms with Gasteiger partial charge in [0.05, 0.1) is 0 Å². The second-order valence-corrected chi connectivity index (χ2v) is 5.09. The zero-order chi connectivity index (χ0) is 7.49. The second-order valence-electron chi connectivity index (χ2n) is 2.34. The minimum atomic E-state index is -0.199. The van der Waals surface area contributed by atoms with Gasteiger partial charge >= 0.3 is 0 Å². The van der Waals surface area contributed by atoms with Gasteiger partial charge in [-0.3, -0.25) is 0 Å². The summed E-state index contributed by atoms with van der Waals surface area (Å²) in [6.45, 7) is 7.79. The fourth-order valence-electron chi connectivity index (χ4n) is 0.329. The minimum absolute atomic E-state index is 0.00226. The number of halogens is 1. The molecule has 0 aliphatic rings. The summed E-state index contributed by atoms with van der Waals surface area (Å²) in [6, 6.07) is 0. The fourth-order valence-corrected chi connectivity index (χ4v) is 1.53. The Morgan fingerprint density at radius 1 is 1.78 bits per heavy atom. The van der Waals surface area contributed by atoms with E-state index in [-0.39, 0.29) is 26.3 Å². The molecule has 0 radical (unpaired) electrons. The number of hydrogen-bond donors (Lipinski definition) is 1. The average Bonchev–Trinajstić information content (AvgIpc) is 1.86. The van der Waals surface area contributed by atoms with Gasteiger partial charge in [-0.25, -0.2) is 0 Å². The summed E-state index contributed by atoms with van der Waals surface area (Å²) < 4.78 is 4.40. The lowest BCUT2D eigenvalue weighted by atomic mass is 10.0. The van der Waals surface area contributed by atoms with Gasteiger partial charge in [0, 0.05) is 9.46 Å². The summed E-state index contributed by atoms with van der Waals surface area (Å²) in [5, 5.41) is 0. The van der Waals surface area contributed by atoms with E-state index in [2.05, 4.69) is 18.0 Å². The van der Waals surface area contributed by atoms with Gasteiger partial charge in [-0.15, -0.1) is 27.3 Å². The van der Waals surface area contributed by atoms with Gasteiger partial charge in [0.1, 0.15) is 0 Å². The van der Waals surface area contributed by atoms with Gasteiger partial charge < -0.3 is 5.73 Å². The van der Waals surface area contributed by atoms with E-state index in [0.29, 0.717) is 3.92 Å². The molecule has 9 heavy (non-hydrogen) atoms. The third kappa shape index (κ3) is 2.58. The molecule has 1 unspecified atom stereocenters. The topological polar surface area (TPSA) is 26.0 Å². The van der Waals surface area contributed by atoms with Crippen LogP contribution in [0.3, 0.4) is 0 Å². The molecule has 0 aromatic heterocycles. The predicted molar refractivity (Wildman–Crippen MR) is 53.4 cm³/mol. The van der Waals surface area contributed by atoms with Crippen molar-refractivity contribution in [2.45, 2.75) is 23.3 Å². The van der Waals surface area contributed by atoms with Gasteiger partial charge in [-0.05, 0) is 6.92 Å². The third-order valence-corrected chi connectivity index (χ3v) is 4.19. The highest BCUT2D eigenvalue weighted by Gasteiger charge is 2.19. The SMILES string of the molecule is C=CC(C)(N)[C@H](C)I=C. The van der Waals surface area contributed by atoms with Crippen molar-refractivity contribution < 1.29 is 0 Å². The normalized spacial score (nSPS) is 20.3. The number of nitrogens with two attached hydrogens (primary N) is 1. The summed E-state index contributed by atoms with van der Waals surface area (Å²) in [4.78, 5) is 0. The summed E-state index contributed by atoms with van der Waals surface area (Å²) in [6.07, 6.45) is 1.81. The van der Waals surface area contributed by atoms with E-state index < -0.39 is 0 Å². The Hall–Kier alpha value is 0.300. The Morgan fingerprint density at radius 3 is 2.33 bits per heavy atom. The summed E-state index contributed by atoms with van der Waals surface area (Å²) in [5.74, 6) is 0. The van der Waals surface area contributed by atoms with Crippen molar-refractivity contribution in [3.63, 3.8) is 0 Å². The van der Waals surface area contributed by atoms with Gasteiger partial charge in [-0.2, -0.15) is 0 Å². The Morgan fingerprint density at radius 2 is 2.22 bits per heavy atom. The Labute approximate surface area is 67.1 Å². The van der Waals surface area contributed by atoms with Gasteiger partial charge in [-0.1, -0.05) is 17.5 Å². The number of alkyl halides is 1. The van der Waals surface area contributed by atoms with E-state index in [1.807, 2.05) is 13.0 Å². The smallest absolute Gasteiger partial charge is 0.0420 e. The van der Waals surface area contributed by atoms with Crippen LogP contribution in [0.15, 0.2) is 12.7 Å². The maximum absolute atomic E-state index is 5.84. The van der Waals surface area contributed by atoms with Crippen LogP contribution in [0.5, 0.6) is 0 Å². The largest absolute Gasteiger partial charge is 0.321 e. The molecule has 0 spiro atoms. The molecule has 0 aromatic carbocycles. The molecule has 0 rings (SSSR count). The van der Waals surface area contributed by atoms with Crippen LogP contribution in [-0.2, 0) is 0 Å². The molecular weight excluding hydrogens is 225 g/mol. The third-order valence-electron chi connectivity index (χ3n) is 1.53. The quantitative estimate of drug-likeness (QED) is 0.452. The van der Waals surface area contributed by atoms with Crippen molar-refractivity contribution in [2.75, 3.05) is 0 Å². The lowest BCUT2D eigenvalue weighted by Gasteiger charge is -2.24. The summed E-state index contributed by atoms with van der Waals surface area (Å²) >= 11 is 0.00226. The second kappa shape index (κ2) is 3.46. The molecule has 0 saturated carbocycles. The van der Waals surface area contributed by atoms with Crippen molar-refractivity contribution in [3.8, 4) is 0 Å². The molecule has 0 aliphatic heterocycles. The molecule has 2 heteroatoms. The average molecular weight is 239 g/mol.